The van der Waals surface area contributed by atoms with Crippen LogP contribution in [0.15, 0.2) is 60.8 Å². The largest absolute Gasteiger partial charge is 0.395 e. The van der Waals surface area contributed by atoms with Crippen LogP contribution >= 0.6 is 11.3 Å². The maximum absolute atomic E-state index is 11.4. The Hall–Kier alpha value is -2.58. The summed E-state index contributed by atoms with van der Waals surface area (Å²) in [6, 6.07) is 17.5. The lowest BCUT2D eigenvalue weighted by molar-refractivity contribution is 0.0711. The molecule has 0 radical (unpaired) electrons. The molecular weight excluding hydrogens is 362 g/mol. The van der Waals surface area contributed by atoms with E-state index in [0.29, 0.717) is 18.0 Å². The van der Waals surface area contributed by atoms with E-state index in [0.717, 1.165) is 22.7 Å². The summed E-state index contributed by atoms with van der Waals surface area (Å²) in [5.74, 6) is -0.525. The number of rotatable bonds is 8. The first-order valence-corrected chi connectivity index (χ1v) is 9.38. The first-order valence-electron chi connectivity index (χ1n) is 8.56. The lowest BCUT2D eigenvalue weighted by atomic mass is 10.2. The van der Waals surface area contributed by atoms with E-state index in [2.05, 4.69) is 22.0 Å². The molecule has 0 aliphatic carbocycles. The summed E-state index contributed by atoms with van der Waals surface area (Å²) in [5.41, 5.74) is 4.66. The Morgan fingerprint density at radius 3 is 2.48 bits per heavy atom. The second kappa shape index (κ2) is 9.38. The van der Waals surface area contributed by atoms with Gasteiger partial charge in [-0.3, -0.25) is 19.9 Å². The number of aromatic nitrogens is 1. The standard InChI is InChI=1S/C20H21N3O3S/c24-11-10-23(13-15-4-2-1-3-5-15)14-16-6-7-17(21-12-16)18-8-9-19(27-18)20(25)22-26/h1-9,12,24,26H,10-11,13-14H2,(H,22,25). The van der Waals surface area contributed by atoms with E-state index in [9.17, 15) is 9.90 Å². The smallest absolute Gasteiger partial charge is 0.284 e. The van der Waals surface area contributed by atoms with Gasteiger partial charge in [-0.2, -0.15) is 0 Å². The molecule has 140 valence electrons. The molecule has 27 heavy (non-hydrogen) atoms. The first-order chi connectivity index (χ1) is 13.2. The van der Waals surface area contributed by atoms with Gasteiger partial charge in [0.2, 0.25) is 0 Å². The van der Waals surface area contributed by atoms with Crippen LogP contribution in [-0.2, 0) is 13.1 Å². The number of hydroxylamine groups is 1. The van der Waals surface area contributed by atoms with Crippen molar-refractivity contribution in [3.8, 4) is 10.6 Å². The van der Waals surface area contributed by atoms with Crippen molar-refractivity contribution in [1.29, 1.82) is 0 Å². The van der Waals surface area contributed by atoms with Gasteiger partial charge in [-0.05, 0) is 29.3 Å². The average molecular weight is 383 g/mol. The molecule has 0 saturated carbocycles. The van der Waals surface area contributed by atoms with Crippen molar-refractivity contribution >= 4 is 17.2 Å². The summed E-state index contributed by atoms with van der Waals surface area (Å²) in [7, 11) is 0. The number of aliphatic hydroxyl groups is 1. The van der Waals surface area contributed by atoms with Gasteiger partial charge in [0.1, 0.15) is 0 Å². The lowest BCUT2D eigenvalue weighted by Crippen LogP contribution is -2.26. The first kappa shape index (κ1) is 19.2. The molecule has 1 aromatic carbocycles. The zero-order chi connectivity index (χ0) is 19.1. The van der Waals surface area contributed by atoms with E-state index in [1.807, 2.05) is 42.6 Å². The highest BCUT2D eigenvalue weighted by Gasteiger charge is 2.11. The Labute approximate surface area is 161 Å². The van der Waals surface area contributed by atoms with Crippen LogP contribution in [0, 0.1) is 0 Å². The molecule has 3 N–H and O–H groups in total. The third-order valence-electron chi connectivity index (χ3n) is 4.08. The van der Waals surface area contributed by atoms with Crippen LogP contribution in [-0.4, -0.2) is 39.3 Å². The molecule has 2 aromatic heterocycles. The van der Waals surface area contributed by atoms with Gasteiger partial charge in [0.25, 0.3) is 5.91 Å². The SMILES string of the molecule is O=C(NO)c1ccc(-c2ccc(CN(CCO)Cc3ccccc3)cn2)s1. The summed E-state index contributed by atoms with van der Waals surface area (Å²) in [4.78, 5) is 19.4. The summed E-state index contributed by atoms with van der Waals surface area (Å²) in [6.07, 6.45) is 1.82. The molecule has 3 aromatic rings. The number of hydrogen-bond donors (Lipinski definition) is 3. The topological polar surface area (TPSA) is 85.7 Å². The van der Waals surface area contributed by atoms with Crippen LogP contribution < -0.4 is 5.48 Å². The van der Waals surface area contributed by atoms with Crippen molar-refractivity contribution in [3.63, 3.8) is 0 Å². The number of amides is 1. The molecule has 0 atom stereocenters. The van der Waals surface area contributed by atoms with Crippen molar-refractivity contribution in [2.24, 2.45) is 0 Å². The number of thiophene rings is 1. The predicted molar refractivity (Wildman–Crippen MR) is 104 cm³/mol. The van der Waals surface area contributed by atoms with E-state index in [4.69, 9.17) is 5.21 Å². The second-order valence-electron chi connectivity index (χ2n) is 6.08. The number of carbonyl (C=O) groups is 1. The van der Waals surface area contributed by atoms with Crippen LogP contribution in [0.25, 0.3) is 10.6 Å². The Bertz CT molecular complexity index is 866. The molecule has 7 heteroatoms. The van der Waals surface area contributed by atoms with Gasteiger partial charge in [0.05, 0.1) is 22.1 Å². The Kier molecular flexibility index (Phi) is 6.67. The lowest BCUT2D eigenvalue weighted by Gasteiger charge is -2.21. The van der Waals surface area contributed by atoms with Gasteiger partial charge >= 0.3 is 0 Å². The van der Waals surface area contributed by atoms with Crippen molar-refractivity contribution < 1.29 is 15.1 Å². The Balaban J connectivity index is 1.68. The molecule has 0 aliphatic heterocycles. The molecule has 0 fully saturated rings. The van der Waals surface area contributed by atoms with E-state index in [1.54, 1.807) is 11.5 Å². The number of nitrogens with zero attached hydrogens (tertiary/aromatic N) is 2. The monoisotopic (exact) mass is 383 g/mol. The highest BCUT2D eigenvalue weighted by Crippen LogP contribution is 2.26. The molecule has 0 aliphatic rings. The number of nitrogens with one attached hydrogen (secondary N) is 1. The van der Waals surface area contributed by atoms with Crippen LogP contribution in [0.1, 0.15) is 20.8 Å². The minimum atomic E-state index is -0.525. The van der Waals surface area contributed by atoms with Gasteiger partial charge in [0, 0.05) is 25.8 Å². The van der Waals surface area contributed by atoms with Crippen molar-refractivity contribution in [3.05, 3.63) is 76.8 Å². The summed E-state index contributed by atoms with van der Waals surface area (Å²) < 4.78 is 0. The molecule has 6 nitrogen and oxygen atoms in total. The van der Waals surface area contributed by atoms with Gasteiger partial charge in [-0.15, -0.1) is 11.3 Å². The molecule has 0 bridgehead atoms. The quantitative estimate of drug-likeness (QED) is 0.411. The fourth-order valence-corrected chi connectivity index (χ4v) is 3.64. The molecule has 3 rings (SSSR count). The summed E-state index contributed by atoms with van der Waals surface area (Å²) in [6.45, 7) is 2.13. The molecule has 0 unspecified atom stereocenters. The Morgan fingerprint density at radius 2 is 1.81 bits per heavy atom. The van der Waals surface area contributed by atoms with Crippen molar-refractivity contribution in [2.75, 3.05) is 13.2 Å². The number of aliphatic hydroxyl groups excluding tert-OH is 1. The molecule has 1 amide bonds. The van der Waals surface area contributed by atoms with Gasteiger partial charge in [-0.1, -0.05) is 36.4 Å². The number of hydrogen-bond acceptors (Lipinski definition) is 6. The average Bonchev–Trinajstić information content (AvgIpc) is 3.19. The number of benzene rings is 1. The van der Waals surface area contributed by atoms with Gasteiger partial charge in [0.15, 0.2) is 0 Å². The van der Waals surface area contributed by atoms with E-state index < -0.39 is 5.91 Å². The highest BCUT2D eigenvalue weighted by atomic mass is 32.1. The number of carbonyl (C=O) groups excluding carboxylic acids is 1. The number of pyridine rings is 1. The molecule has 2 heterocycles. The summed E-state index contributed by atoms with van der Waals surface area (Å²) >= 11 is 1.27. The highest BCUT2D eigenvalue weighted by molar-refractivity contribution is 7.17. The summed E-state index contributed by atoms with van der Waals surface area (Å²) in [5, 5.41) is 18.1. The third kappa shape index (κ3) is 5.21. The normalized spacial score (nSPS) is 10.9. The van der Waals surface area contributed by atoms with E-state index >= 15 is 0 Å². The Morgan fingerprint density at radius 1 is 1.04 bits per heavy atom. The maximum Gasteiger partial charge on any atom is 0.284 e. The third-order valence-corrected chi connectivity index (χ3v) is 5.19. The maximum atomic E-state index is 11.4. The van der Waals surface area contributed by atoms with Crippen LogP contribution in [0.4, 0.5) is 0 Å². The van der Waals surface area contributed by atoms with Crippen LogP contribution in [0.5, 0.6) is 0 Å². The molecular formula is C20H21N3O3S. The molecule has 0 saturated heterocycles. The zero-order valence-electron chi connectivity index (χ0n) is 14.7. The fraction of sp³-hybridized carbons (Fsp3) is 0.200. The minimum absolute atomic E-state index is 0.100. The van der Waals surface area contributed by atoms with Crippen molar-refractivity contribution in [2.45, 2.75) is 13.1 Å². The zero-order valence-corrected chi connectivity index (χ0v) is 15.5. The van der Waals surface area contributed by atoms with Gasteiger partial charge in [-0.25, -0.2) is 5.48 Å². The van der Waals surface area contributed by atoms with E-state index in [-0.39, 0.29) is 6.61 Å². The molecule has 0 spiro atoms. The van der Waals surface area contributed by atoms with E-state index in [1.165, 1.54) is 16.9 Å². The fourth-order valence-electron chi connectivity index (χ4n) is 2.77. The van der Waals surface area contributed by atoms with Crippen LogP contribution in [0.3, 0.4) is 0 Å². The predicted octanol–water partition coefficient (Wildman–Crippen LogP) is 2.92. The van der Waals surface area contributed by atoms with Crippen LogP contribution in [0.2, 0.25) is 0 Å². The second-order valence-corrected chi connectivity index (χ2v) is 7.16. The minimum Gasteiger partial charge on any atom is -0.395 e. The van der Waals surface area contributed by atoms with Crippen molar-refractivity contribution in [1.82, 2.24) is 15.4 Å². The van der Waals surface area contributed by atoms with Gasteiger partial charge < -0.3 is 5.11 Å².